The quantitative estimate of drug-likeness (QED) is 0.689. The second-order valence-electron chi connectivity index (χ2n) is 3.42. The molecule has 0 aromatic rings. The van der Waals surface area contributed by atoms with E-state index in [1.165, 1.54) is 0 Å². The van der Waals surface area contributed by atoms with Crippen molar-refractivity contribution in [2.75, 3.05) is 13.2 Å². The molecule has 4 nitrogen and oxygen atoms in total. The zero-order valence-electron chi connectivity index (χ0n) is 8.03. The zero-order chi connectivity index (χ0) is 9.97. The van der Waals surface area contributed by atoms with Crippen LogP contribution in [0.2, 0.25) is 0 Å². The van der Waals surface area contributed by atoms with Gasteiger partial charge in [0, 0.05) is 0 Å². The molecule has 2 aliphatic heterocycles. The fraction of sp³-hybridized carbons (Fsp3) is 0.600. The molecule has 2 fully saturated rings. The van der Waals surface area contributed by atoms with Crippen LogP contribution in [0.25, 0.3) is 0 Å². The molecular weight excluding hydrogens is 184 g/mol. The minimum Gasteiger partial charge on any atom is -0.462 e. The van der Waals surface area contributed by atoms with Gasteiger partial charge in [0.1, 0.15) is 25.4 Å². The van der Waals surface area contributed by atoms with Crippen LogP contribution in [0.3, 0.4) is 0 Å². The molecule has 2 unspecified atom stereocenters. The van der Waals surface area contributed by atoms with E-state index in [2.05, 4.69) is 13.2 Å². The van der Waals surface area contributed by atoms with Crippen molar-refractivity contribution in [3.63, 3.8) is 0 Å². The predicted molar refractivity (Wildman–Crippen MR) is 49.2 cm³/mol. The lowest BCUT2D eigenvalue weighted by atomic mass is 10.1. The number of rotatable bonds is 3. The van der Waals surface area contributed by atoms with Gasteiger partial charge < -0.3 is 18.9 Å². The second-order valence-corrected chi connectivity index (χ2v) is 3.42. The highest BCUT2D eigenvalue weighted by atomic mass is 16.7. The van der Waals surface area contributed by atoms with Crippen LogP contribution in [-0.2, 0) is 18.9 Å². The summed E-state index contributed by atoms with van der Waals surface area (Å²) in [6, 6.07) is 0. The van der Waals surface area contributed by atoms with E-state index in [0.717, 1.165) is 12.8 Å². The third kappa shape index (κ3) is 2.13. The third-order valence-corrected chi connectivity index (χ3v) is 2.27. The van der Waals surface area contributed by atoms with Gasteiger partial charge in [0.15, 0.2) is 0 Å². The molecule has 2 aliphatic rings. The molecule has 0 amide bonds. The Morgan fingerprint density at radius 2 is 1.36 bits per heavy atom. The Balaban J connectivity index is 1.67. The van der Waals surface area contributed by atoms with Gasteiger partial charge in [-0.1, -0.05) is 0 Å². The summed E-state index contributed by atoms with van der Waals surface area (Å²) in [5.74, 6) is 0.839. The van der Waals surface area contributed by atoms with Gasteiger partial charge in [-0.3, -0.25) is 0 Å². The van der Waals surface area contributed by atoms with E-state index < -0.39 is 0 Å². The van der Waals surface area contributed by atoms with Gasteiger partial charge in [0.25, 0.3) is 11.9 Å². The molecule has 4 heteroatoms. The molecule has 0 saturated carbocycles. The Morgan fingerprint density at radius 3 is 1.64 bits per heavy atom. The lowest BCUT2D eigenvalue weighted by Gasteiger charge is -2.09. The molecule has 0 radical (unpaired) electrons. The maximum atomic E-state index is 5.31. The first kappa shape index (κ1) is 9.24. The van der Waals surface area contributed by atoms with Crippen LogP contribution in [0, 0.1) is 0 Å². The fourth-order valence-corrected chi connectivity index (χ4v) is 1.54. The van der Waals surface area contributed by atoms with Crippen molar-refractivity contribution >= 4 is 0 Å². The largest absolute Gasteiger partial charge is 0.462 e. The standard InChI is InChI=1S/C10H14O4/c1-7-11-5-9(13-7)3-4-10-6-12-8(2)14-10/h9-10H,1-6H2. The molecule has 2 heterocycles. The first-order valence-electron chi connectivity index (χ1n) is 4.71. The van der Waals surface area contributed by atoms with E-state index >= 15 is 0 Å². The average Bonchev–Trinajstić information content (AvgIpc) is 2.72. The Hall–Kier alpha value is -1.32. The normalized spacial score (nSPS) is 30.6. The van der Waals surface area contributed by atoms with Crippen LogP contribution in [0.15, 0.2) is 25.0 Å². The van der Waals surface area contributed by atoms with Crippen molar-refractivity contribution in [1.82, 2.24) is 0 Å². The predicted octanol–water partition coefficient (Wildman–Crippen LogP) is 1.54. The SMILES string of the molecule is C=C1OCC(CCC2COC(=C)O2)O1. The van der Waals surface area contributed by atoms with Crippen molar-refractivity contribution in [2.45, 2.75) is 25.0 Å². The van der Waals surface area contributed by atoms with E-state index in [1.54, 1.807) is 0 Å². The Labute approximate surface area is 83.1 Å². The van der Waals surface area contributed by atoms with Crippen molar-refractivity contribution < 1.29 is 18.9 Å². The Bertz CT molecular complexity index is 223. The van der Waals surface area contributed by atoms with E-state index in [0.29, 0.717) is 25.1 Å². The summed E-state index contributed by atoms with van der Waals surface area (Å²) < 4.78 is 20.8. The van der Waals surface area contributed by atoms with Crippen LogP contribution in [0.1, 0.15) is 12.8 Å². The van der Waals surface area contributed by atoms with Gasteiger partial charge in [-0.05, 0) is 26.0 Å². The lowest BCUT2D eigenvalue weighted by Crippen LogP contribution is -2.15. The molecule has 0 aromatic heterocycles. The fourth-order valence-electron chi connectivity index (χ4n) is 1.54. The molecular formula is C10H14O4. The van der Waals surface area contributed by atoms with E-state index in [-0.39, 0.29) is 12.2 Å². The summed E-state index contributed by atoms with van der Waals surface area (Å²) in [5, 5.41) is 0. The van der Waals surface area contributed by atoms with Gasteiger partial charge >= 0.3 is 0 Å². The van der Waals surface area contributed by atoms with Crippen LogP contribution < -0.4 is 0 Å². The van der Waals surface area contributed by atoms with Crippen LogP contribution in [0.4, 0.5) is 0 Å². The molecule has 14 heavy (non-hydrogen) atoms. The smallest absolute Gasteiger partial charge is 0.272 e. The molecule has 0 aliphatic carbocycles. The van der Waals surface area contributed by atoms with Crippen molar-refractivity contribution in [3.8, 4) is 0 Å². The van der Waals surface area contributed by atoms with Gasteiger partial charge in [0.2, 0.25) is 0 Å². The first-order valence-corrected chi connectivity index (χ1v) is 4.71. The van der Waals surface area contributed by atoms with Crippen LogP contribution in [0.5, 0.6) is 0 Å². The highest BCUT2D eigenvalue weighted by molar-refractivity contribution is 4.83. The summed E-state index contributed by atoms with van der Waals surface area (Å²) in [4.78, 5) is 0. The second kappa shape index (κ2) is 3.82. The van der Waals surface area contributed by atoms with Crippen molar-refractivity contribution in [2.24, 2.45) is 0 Å². The maximum Gasteiger partial charge on any atom is 0.272 e. The molecule has 0 spiro atoms. The monoisotopic (exact) mass is 198 g/mol. The summed E-state index contributed by atoms with van der Waals surface area (Å²) in [6.07, 6.45) is 2.00. The van der Waals surface area contributed by atoms with Crippen LogP contribution >= 0.6 is 0 Å². The number of hydrogen-bond donors (Lipinski definition) is 0. The van der Waals surface area contributed by atoms with Gasteiger partial charge in [0.05, 0.1) is 0 Å². The van der Waals surface area contributed by atoms with Crippen molar-refractivity contribution in [1.29, 1.82) is 0 Å². The maximum absolute atomic E-state index is 5.31. The lowest BCUT2D eigenvalue weighted by molar-refractivity contribution is 0.107. The molecule has 2 saturated heterocycles. The molecule has 0 aromatic carbocycles. The summed E-state index contributed by atoms with van der Waals surface area (Å²) in [5.41, 5.74) is 0. The number of ether oxygens (including phenoxy) is 4. The van der Waals surface area contributed by atoms with Gasteiger partial charge in [-0.15, -0.1) is 0 Å². The topological polar surface area (TPSA) is 36.9 Å². The minimum atomic E-state index is 0.111. The molecule has 78 valence electrons. The van der Waals surface area contributed by atoms with E-state index in [9.17, 15) is 0 Å². The third-order valence-electron chi connectivity index (χ3n) is 2.27. The Kier molecular flexibility index (Phi) is 2.52. The molecule has 0 bridgehead atoms. The van der Waals surface area contributed by atoms with Gasteiger partial charge in [-0.2, -0.15) is 0 Å². The molecule has 2 rings (SSSR count). The first-order chi connectivity index (χ1) is 6.74. The molecule has 0 N–H and O–H groups in total. The summed E-state index contributed by atoms with van der Waals surface area (Å²) in [7, 11) is 0. The van der Waals surface area contributed by atoms with E-state index in [1.807, 2.05) is 0 Å². The van der Waals surface area contributed by atoms with E-state index in [4.69, 9.17) is 18.9 Å². The van der Waals surface area contributed by atoms with Crippen molar-refractivity contribution in [3.05, 3.63) is 25.0 Å². The molecule has 2 atom stereocenters. The summed E-state index contributed by atoms with van der Waals surface area (Å²) >= 11 is 0. The zero-order valence-corrected chi connectivity index (χ0v) is 8.03. The highest BCUT2D eigenvalue weighted by Crippen LogP contribution is 2.22. The average molecular weight is 198 g/mol. The minimum absolute atomic E-state index is 0.111. The summed E-state index contributed by atoms with van der Waals surface area (Å²) in [6.45, 7) is 8.34. The van der Waals surface area contributed by atoms with Gasteiger partial charge in [-0.25, -0.2) is 0 Å². The Morgan fingerprint density at radius 1 is 0.929 bits per heavy atom. The van der Waals surface area contributed by atoms with Crippen LogP contribution in [-0.4, -0.2) is 25.4 Å². The highest BCUT2D eigenvalue weighted by Gasteiger charge is 2.25. The number of hydrogen-bond acceptors (Lipinski definition) is 4.